The molecule has 1 unspecified atom stereocenters. The molecule has 2 aromatic rings. The molecule has 0 aromatic carbocycles. The lowest BCUT2D eigenvalue weighted by atomic mass is 9.86. The minimum atomic E-state index is -2.49. The summed E-state index contributed by atoms with van der Waals surface area (Å²) in [4.78, 5) is 19.8. The number of likely N-dealkylation sites (tertiary alicyclic amines) is 1. The Balaban J connectivity index is 1.49. The van der Waals surface area contributed by atoms with E-state index in [1.165, 1.54) is 11.0 Å². The van der Waals surface area contributed by atoms with Crippen LogP contribution >= 0.6 is 11.3 Å². The lowest BCUT2D eigenvalue weighted by Gasteiger charge is -2.40. The quantitative estimate of drug-likeness (QED) is 0.887. The molecule has 1 saturated heterocycles. The topological polar surface area (TPSA) is 63.1 Å². The van der Waals surface area contributed by atoms with Gasteiger partial charge in [0.25, 0.3) is 12.3 Å². The molecule has 1 N–H and O–H groups in total. The molecule has 9 heteroatoms. The van der Waals surface area contributed by atoms with Gasteiger partial charge in [0, 0.05) is 29.4 Å². The van der Waals surface area contributed by atoms with E-state index in [0.717, 1.165) is 23.3 Å². The van der Waals surface area contributed by atoms with Gasteiger partial charge >= 0.3 is 0 Å². The molecule has 2 aromatic heterocycles. The van der Waals surface area contributed by atoms with Crippen LogP contribution in [-0.2, 0) is 0 Å². The fraction of sp³-hybridized carbons (Fsp3) is 0.588. The van der Waals surface area contributed by atoms with Crippen molar-refractivity contribution in [3.63, 3.8) is 0 Å². The predicted octanol–water partition coefficient (Wildman–Crippen LogP) is 3.19. The molecular formula is C17H21F2N5OS. The Labute approximate surface area is 154 Å². The van der Waals surface area contributed by atoms with Crippen molar-refractivity contribution in [2.45, 2.75) is 44.7 Å². The molecule has 1 amide bonds. The molecule has 2 aliphatic rings. The van der Waals surface area contributed by atoms with Gasteiger partial charge in [0.15, 0.2) is 0 Å². The number of aryl methyl sites for hydroxylation is 1. The van der Waals surface area contributed by atoms with Crippen molar-refractivity contribution in [2.24, 2.45) is 5.92 Å². The second kappa shape index (κ2) is 6.94. The summed E-state index contributed by atoms with van der Waals surface area (Å²) in [6.45, 7) is 3.27. The van der Waals surface area contributed by atoms with E-state index in [1.54, 1.807) is 11.3 Å². The fourth-order valence-electron chi connectivity index (χ4n) is 3.96. The van der Waals surface area contributed by atoms with E-state index in [0.29, 0.717) is 19.0 Å². The Morgan fingerprint density at radius 2 is 2.31 bits per heavy atom. The van der Waals surface area contributed by atoms with Crippen LogP contribution < -0.4 is 5.32 Å². The Kier molecular flexibility index (Phi) is 4.64. The molecule has 4 heterocycles. The van der Waals surface area contributed by atoms with Crippen molar-refractivity contribution in [1.29, 1.82) is 0 Å². The minimum Gasteiger partial charge on any atom is -0.351 e. The number of thiophene rings is 1. The number of hydrogen-bond acceptors (Lipinski definition) is 5. The predicted molar refractivity (Wildman–Crippen MR) is 94.8 cm³/mol. The summed E-state index contributed by atoms with van der Waals surface area (Å²) in [6, 6.07) is 0.806. The summed E-state index contributed by atoms with van der Waals surface area (Å²) in [6.07, 6.45) is 0.890. The average Bonchev–Trinajstić information content (AvgIpc) is 3.28. The van der Waals surface area contributed by atoms with Crippen molar-refractivity contribution in [3.05, 3.63) is 28.2 Å². The molecule has 0 bridgehead atoms. The fourth-order valence-corrected chi connectivity index (χ4v) is 4.64. The first kappa shape index (κ1) is 17.4. The van der Waals surface area contributed by atoms with Gasteiger partial charge < -0.3 is 10.2 Å². The Morgan fingerprint density at radius 3 is 3.04 bits per heavy atom. The van der Waals surface area contributed by atoms with Crippen LogP contribution in [0.4, 0.5) is 14.7 Å². The monoisotopic (exact) mass is 381 g/mol. The maximum absolute atomic E-state index is 13.5. The van der Waals surface area contributed by atoms with Crippen molar-refractivity contribution in [2.75, 3.05) is 18.4 Å². The first-order chi connectivity index (χ1) is 12.5. The van der Waals surface area contributed by atoms with Crippen molar-refractivity contribution < 1.29 is 13.6 Å². The number of carbonyl (C=O) groups excluding carboxylic acids is 1. The van der Waals surface area contributed by atoms with Crippen LogP contribution in [0, 0.1) is 12.8 Å². The minimum absolute atomic E-state index is 0.0310. The van der Waals surface area contributed by atoms with Gasteiger partial charge in [0.1, 0.15) is 12.4 Å². The maximum Gasteiger partial charge on any atom is 0.260 e. The van der Waals surface area contributed by atoms with Crippen LogP contribution in [-0.4, -0.2) is 51.1 Å². The van der Waals surface area contributed by atoms with E-state index in [1.807, 2.05) is 23.3 Å². The van der Waals surface area contributed by atoms with Gasteiger partial charge in [0.2, 0.25) is 5.95 Å². The number of rotatable bonds is 3. The molecule has 0 spiro atoms. The highest BCUT2D eigenvalue weighted by Crippen LogP contribution is 2.35. The molecule has 3 atom stereocenters. The Hall–Kier alpha value is -2.03. The Bertz CT molecular complexity index is 792. The molecule has 0 saturated carbocycles. The third-order valence-corrected chi connectivity index (χ3v) is 6.14. The van der Waals surface area contributed by atoms with Gasteiger partial charge in [-0.2, -0.15) is 10.1 Å². The lowest BCUT2D eigenvalue weighted by molar-refractivity contribution is 0.0504. The molecule has 140 valence electrons. The number of amides is 1. The number of fused-ring (bicyclic) bond motifs is 1. The van der Waals surface area contributed by atoms with Crippen LogP contribution in [0.15, 0.2) is 17.8 Å². The van der Waals surface area contributed by atoms with E-state index in [-0.39, 0.29) is 24.3 Å². The van der Waals surface area contributed by atoms with Crippen molar-refractivity contribution in [1.82, 2.24) is 19.7 Å². The Morgan fingerprint density at radius 1 is 1.46 bits per heavy atom. The van der Waals surface area contributed by atoms with E-state index < -0.39 is 12.5 Å². The number of alkyl halides is 2. The maximum atomic E-state index is 13.5. The summed E-state index contributed by atoms with van der Waals surface area (Å²) >= 11 is 1.56. The SMILES string of the molecule is Cc1cc(C(=O)N2CCCC([C@@H]3C[C@H](C(F)F)n4ncnc4N3)C2)cs1. The number of halogens is 2. The number of piperidine rings is 1. The van der Waals surface area contributed by atoms with Crippen molar-refractivity contribution >= 4 is 23.2 Å². The van der Waals surface area contributed by atoms with Gasteiger partial charge in [-0.1, -0.05) is 0 Å². The second-order valence-electron chi connectivity index (χ2n) is 7.02. The standard InChI is InChI=1S/C17H21F2N5OS/c1-10-5-12(8-26-10)16(25)23-4-2-3-11(7-23)13-6-14(15(18)19)24-17(22-13)20-9-21-24/h5,8-9,11,13-15H,2-4,6-7H2,1H3,(H,20,21,22)/t11?,13-,14+/m0/s1. The summed E-state index contributed by atoms with van der Waals surface area (Å²) < 4.78 is 28.2. The summed E-state index contributed by atoms with van der Waals surface area (Å²) in [5.41, 5.74) is 0.718. The molecular weight excluding hydrogens is 360 g/mol. The van der Waals surface area contributed by atoms with E-state index >= 15 is 0 Å². The molecule has 2 aliphatic heterocycles. The largest absolute Gasteiger partial charge is 0.351 e. The average molecular weight is 381 g/mol. The number of nitrogens with one attached hydrogen (secondary N) is 1. The van der Waals surface area contributed by atoms with Crippen LogP contribution in [0.25, 0.3) is 0 Å². The first-order valence-electron chi connectivity index (χ1n) is 8.81. The molecule has 0 aliphatic carbocycles. The molecule has 0 radical (unpaired) electrons. The van der Waals surface area contributed by atoms with Gasteiger partial charge in [-0.15, -0.1) is 11.3 Å². The number of nitrogens with zero attached hydrogens (tertiary/aromatic N) is 4. The third-order valence-electron chi connectivity index (χ3n) is 5.28. The van der Waals surface area contributed by atoms with E-state index in [9.17, 15) is 13.6 Å². The zero-order valence-corrected chi connectivity index (χ0v) is 15.3. The lowest BCUT2D eigenvalue weighted by Crippen LogP contribution is -2.48. The molecule has 6 nitrogen and oxygen atoms in total. The third kappa shape index (κ3) is 3.20. The number of hydrogen-bond donors (Lipinski definition) is 1. The smallest absolute Gasteiger partial charge is 0.260 e. The number of anilines is 1. The summed E-state index contributed by atoms with van der Waals surface area (Å²) in [5.74, 6) is 0.547. The van der Waals surface area contributed by atoms with Crippen LogP contribution in [0.2, 0.25) is 0 Å². The summed E-state index contributed by atoms with van der Waals surface area (Å²) in [5, 5.41) is 9.06. The van der Waals surface area contributed by atoms with Gasteiger partial charge in [0.05, 0.1) is 5.56 Å². The van der Waals surface area contributed by atoms with Crippen LogP contribution in [0.5, 0.6) is 0 Å². The van der Waals surface area contributed by atoms with Crippen molar-refractivity contribution in [3.8, 4) is 0 Å². The van der Waals surface area contributed by atoms with Crippen LogP contribution in [0.1, 0.15) is 40.5 Å². The normalized spacial score (nSPS) is 25.8. The molecule has 1 fully saturated rings. The molecule has 26 heavy (non-hydrogen) atoms. The number of carbonyl (C=O) groups is 1. The van der Waals surface area contributed by atoms with E-state index in [2.05, 4.69) is 15.4 Å². The van der Waals surface area contributed by atoms with Gasteiger partial charge in [-0.05, 0) is 38.2 Å². The second-order valence-corrected chi connectivity index (χ2v) is 8.13. The zero-order chi connectivity index (χ0) is 18.3. The number of aromatic nitrogens is 3. The van der Waals surface area contributed by atoms with Gasteiger partial charge in [-0.3, -0.25) is 4.79 Å². The highest BCUT2D eigenvalue weighted by atomic mass is 32.1. The highest BCUT2D eigenvalue weighted by Gasteiger charge is 2.39. The van der Waals surface area contributed by atoms with E-state index in [4.69, 9.17) is 0 Å². The summed E-state index contributed by atoms with van der Waals surface area (Å²) in [7, 11) is 0. The van der Waals surface area contributed by atoms with Crippen LogP contribution in [0.3, 0.4) is 0 Å². The first-order valence-corrected chi connectivity index (χ1v) is 9.69. The molecule has 4 rings (SSSR count). The van der Waals surface area contributed by atoms with Gasteiger partial charge in [-0.25, -0.2) is 13.5 Å². The highest BCUT2D eigenvalue weighted by molar-refractivity contribution is 7.10. The zero-order valence-electron chi connectivity index (χ0n) is 14.4.